The van der Waals surface area contributed by atoms with Crippen LogP contribution in [0.1, 0.15) is 152 Å². The molecule has 4 rings (SSSR count). The molecule has 0 atom stereocenters. The molecule has 0 aliphatic heterocycles. The quantitative estimate of drug-likeness (QED) is 0.238. The number of hydrogen-bond donors (Lipinski definition) is 0. The molecule has 3 aliphatic rings. The smallest absolute Gasteiger partial charge is 0.0934 e. The Balaban J connectivity index is 1.06. The molecular weight excluding hydrogens is 439 g/mol. The lowest BCUT2D eigenvalue weighted by atomic mass is 9.67. The molecule has 3 saturated carbocycles. The Morgan fingerprint density at radius 3 is 1.64 bits per heavy atom. The molecule has 1 aromatic carbocycles. The van der Waals surface area contributed by atoms with Crippen molar-refractivity contribution in [1.82, 2.24) is 0 Å². The molecule has 204 valence electrons. The molecule has 0 radical (unpaired) electrons. The van der Waals surface area contributed by atoms with Crippen LogP contribution in [0.4, 0.5) is 4.39 Å². The third-order valence-corrected chi connectivity index (χ3v) is 10.8. The van der Waals surface area contributed by atoms with E-state index in [2.05, 4.69) is 31.2 Å². The van der Waals surface area contributed by atoms with Gasteiger partial charge in [-0.2, -0.15) is 0 Å². The van der Waals surface area contributed by atoms with Gasteiger partial charge in [0.15, 0.2) is 0 Å². The summed E-state index contributed by atoms with van der Waals surface area (Å²) in [5.41, 5.74) is 2.65. The van der Waals surface area contributed by atoms with E-state index in [-0.39, 0.29) is 6.67 Å². The second kappa shape index (κ2) is 15.5. The van der Waals surface area contributed by atoms with Crippen LogP contribution in [0.25, 0.3) is 0 Å². The first-order chi connectivity index (χ1) is 17.7. The summed E-state index contributed by atoms with van der Waals surface area (Å²) in [6, 6.07) is 8.87. The van der Waals surface area contributed by atoms with Crippen molar-refractivity contribution in [1.29, 1.82) is 0 Å². The van der Waals surface area contributed by atoms with E-state index in [1.165, 1.54) is 134 Å². The number of unbranched alkanes of at least 4 members (excludes halogenated alkanes) is 4. The number of rotatable bonds is 13. The highest BCUT2D eigenvalue weighted by Gasteiger charge is 2.31. The number of alkyl halides is 1. The number of halogens is 1. The van der Waals surface area contributed by atoms with Gasteiger partial charge in [0.05, 0.1) is 6.67 Å². The van der Waals surface area contributed by atoms with Crippen molar-refractivity contribution in [2.24, 2.45) is 29.6 Å². The van der Waals surface area contributed by atoms with Crippen LogP contribution >= 0.6 is 0 Å². The molecule has 36 heavy (non-hydrogen) atoms. The van der Waals surface area contributed by atoms with Crippen LogP contribution in [0.3, 0.4) is 0 Å². The number of hydrogen-bond acceptors (Lipinski definition) is 0. The van der Waals surface area contributed by atoms with E-state index in [0.717, 1.165) is 41.1 Å². The Morgan fingerprint density at radius 2 is 1.08 bits per heavy atom. The van der Waals surface area contributed by atoms with Crippen molar-refractivity contribution in [3.8, 4) is 0 Å². The Hall–Kier alpha value is -0.850. The maximum absolute atomic E-state index is 12.6. The van der Waals surface area contributed by atoms with Crippen molar-refractivity contribution in [3.05, 3.63) is 35.4 Å². The summed E-state index contributed by atoms with van der Waals surface area (Å²) in [6.07, 6.45) is 30.2. The Kier molecular flexibility index (Phi) is 12.2. The maximum atomic E-state index is 12.6. The minimum Gasteiger partial charge on any atom is -0.251 e. The molecule has 0 amide bonds. The van der Waals surface area contributed by atoms with E-state index >= 15 is 0 Å². The van der Waals surface area contributed by atoms with Crippen molar-refractivity contribution in [2.45, 2.75) is 148 Å². The first-order valence-corrected chi connectivity index (χ1v) is 16.4. The fourth-order valence-corrected chi connectivity index (χ4v) is 8.25. The zero-order valence-corrected chi connectivity index (χ0v) is 23.7. The maximum Gasteiger partial charge on any atom is 0.0934 e. The van der Waals surface area contributed by atoms with Crippen LogP contribution in [0, 0.1) is 29.6 Å². The van der Waals surface area contributed by atoms with Gasteiger partial charge in [-0.1, -0.05) is 121 Å². The van der Waals surface area contributed by atoms with E-state index in [0.29, 0.717) is 6.42 Å². The molecule has 0 unspecified atom stereocenters. The SMILES string of the molecule is CCCCCCCC1CCC(CCC2CCC(C3CCC(c4ccc(CCF)cc4)CC3)CC2)CC1. The zero-order chi connectivity index (χ0) is 25.0. The lowest BCUT2D eigenvalue weighted by molar-refractivity contribution is 0.149. The largest absolute Gasteiger partial charge is 0.251 e. The van der Waals surface area contributed by atoms with E-state index in [1.807, 2.05) is 0 Å². The predicted molar refractivity (Wildman–Crippen MR) is 154 cm³/mol. The van der Waals surface area contributed by atoms with Crippen LogP contribution in [0.15, 0.2) is 24.3 Å². The summed E-state index contributed by atoms with van der Waals surface area (Å²) in [7, 11) is 0. The number of aryl methyl sites for hydroxylation is 1. The highest BCUT2D eigenvalue weighted by atomic mass is 19.1. The first kappa shape index (κ1) is 28.2. The first-order valence-electron chi connectivity index (χ1n) is 16.4. The van der Waals surface area contributed by atoms with Crippen molar-refractivity contribution >= 4 is 0 Å². The summed E-state index contributed by atoms with van der Waals surface area (Å²) >= 11 is 0. The van der Waals surface area contributed by atoms with Crippen LogP contribution in [-0.2, 0) is 6.42 Å². The fraction of sp³-hybridized carbons (Fsp3) is 0.829. The van der Waals surface area contributed by atoms with Gasteiger partial charge in [-0.25, -0.2) is 0 Å². The van der Waals surface area contributed by atoms with E-state index < -0.39 is 0 Å². The predicted octanol–water partition coefficient (Wildman–Crippen LogP) is 11.2. The monoisotopic (exact) mass is 496 g/mol. The Morgan fingerprint density at radius 1 is 0.583 bits per heavy atom. The average molecular weight is 497 g/mol. The van der Waals surface area contributed by atoms with Gasteiger partial charge in [0, 0.05) is 6.42 Å². The van der Waals surface area contributed by atoms with Gasteiger partial charge in [-0.3, -0.25) is 4.39 Å². The summed E-state index contributed by atoms with van der Waals surface area (Å²) < 4.78 is 12.6. The summed E-state index contributed by atoms with van der Waals surface area (Å²) in [5.74, 6) is 5.91. The van der Waals surface area contributed by atoms with Crippen molar-refractivity contribution < 1.29 is 4.39 Å². The normalized spacial score (nSPS) is 31.4. The van der Waals surface area contributed by atoms with E-state index in [9.17, 15) is 4.39 Å². The lowest BCUT2D eigenvalue weighted by Crippen LogP contribution is -2.25. The van der Waals surface area contributed by atoms with Crippen LogP contribution in [0.2, 0.25) is 0 Å². The molecule has 0 N–H and O–H groups in total. The van der Waals surface area contributed by atoms with E-state index in [4.69, 9.17) is 0 Å². The molecule has 0 saturated heterocycles. The van der Waals surface area contributed by atoms with Crippen LogP contribution < -0.4 is 0 Å². The second-order valence-corrected chi connectivity index (χ2v) is 13.2. The van der Waals surface area contributed by atoms with Gasteiger partial charge in [0.2, 0.25) is 0 Å². The Bertz CT molecular complexity index is 684. The highest BCUT2D eigenvalue weighted by molar-refractivity contribution is 5.26. The molecule has 1 aromatic rings. The Labute approximate surface area is 223 Å². The third kappa shape index (κ3) is 8.87. The molecule has 0 bridgehead atoms. The van der Waals surface area contributed by atoms with Gasteiger partial charge < -0.3 is 0 Å². The highest BCUT2D eigenvalue weighted by Crippen LogP contribution is 2.45. The molecule has 0 aromatic heterocycles. The molecule has 0 heterocycles. The van der Waals surface area contributed by atoms with Gasteiger partial charge in [0.1, 0.15) is 0 Å². The molecule has 0 nitrogen and oxygen atoms in total. The van der Waals surface area contributed by atoms with Crippen molar-refractivity contribution in [2.75, 3.05) is 6.67 Å². The van der Waals surface area contributed by atoms with E-state index in [1.54, 1.807) is 0 Å². The average Bonchev–Trinajstić information content (AvgIpc) is 2.93. The molecule has 0 spiro atoms. The minimum atomic E-state index is -0.243. The number of benzene rings is 1. The fourth-order valence-electron chi connectivity index (χ4n) is 8.25. The van der Waals surface area contributed by atoms with Crippen LogP contribution in [0.5, 0.6) is 0 Å². The second-order valence-electron chi connectivity index (χ2n) is 13.2. The van der Waals surface area contributed by atoms with Gasteiger partial charge >= 0.3 is 0 Å². The van der Waals surface area contributed by atoms with Crippen LogP contribution in [-0.4, -0.2) is 6.67 Å². The zero-order valence-electron chi connectivity index (χ0n) is 23.7. The molecule has 3 aliphatic carbocycles. The van der Waals surface area contributed by atoms with Gasteiger partial charge in [-0.15, -0.1) is 0 Å². The molecule has 1 heteroatoms. The minimum absolute atomic E-state index is 0.243. The van der Waals surface area contributed by atoms with Gasteiger partial charge in [0.25, 0.3) is 0 Å². The topological polar surface area (TPSA) is 0 Å². The lowest BCUT2D eigenvalue weighted by Gasteiger charge is -2.38. The van der Waals surface area contributed by atoms with Gasteiger partial charge in [-0.05, 0) is 85.2 Å². The molecule has 3 fully saturated rings. The summed E-state index contributed by atoms with van der Waals surface area (Å²) in [4.78, 5) is 0. The van der Waals surface area contributed by atoms with Crippen molar-refractivity contribution in [3.63, 3.8) is 0 Å². The standard InChI is InChI=1S/C35H57F/c1-2-3-4-5-6-7-28-8-10-29(11-9-28)12-13-30-14-18-32(19-15-30)34-22-24-35(25-23-34)33-20-16-31(17-21-33)26-27-36/h16-17,20-21,28-30,32,34-35H,2-15,18-19,22-27H2,1H3. The summed E-state index contributed by atoms with van der Waals surface area (Å²) in [5, 5.41) is 0. The molecular formula is C35H57F. The third-order valence-electron chi connectivity index (χ3n) is 10.8. The summed E-state index contributed by atoms with van der Waals surface area (Å²) in [6.45, 7) is 2.08.